The second-order valence-electron chi connectivity index (χ2n) is 3.73. The van der Waals surface area contributed by atoms with Gasteiger partial charge in [0.2, 0.25) is 0 Å². The molecule has 0 N–H and O–H groups in total. The molecule has 1 unspecified atom stereocenters. The minimum absolute atomic E-state index is 0.236. The highest BCUT2D eigenvalue weighted by Gasteiger charge is 2.41. The second-order valence-corrected chi connectivity index (χ2v) is 3.73. The van der Waals surface area contributed by atoms with Gasteiger partial charge in [0.25, 0.3) is 0 Å². The molecule has 0 aromatic carbocycles. The van der Waals surface area contributed by atoms with E-state index in [1.807, 2.05) is 0 Å². The van der Waals surface area contributed by atoms with Crippen molar-refractivity contribution in [1.82, 2.24) is 0 Å². The van der Waals surface area contributed by atoms with Crippen LogP contribution < -0.4 is 0 Å². The van der Waals surface area contributed by atoms with Crippen LogP contribution in [-0.2, 0) is 19.1 Å². The first kappa shape index (κ1) is 13.7. The summed E-state index contributed by atoms with van der Waals surface area (Å²) in [4.78, 5) is 23.0. The van der Waals surface area contributed by atoms with Gasteiger partial charge in [0.05, 0.1) is 13.7 Å². The molecular formula is C11H18O4. The first-order valence-electron chi connectivity index (χ1n) is 4.78. The molecule has 0 saturated carbocycles. The Morgan fingerprint density at radius 2 is 1.93 bits per heavy atom. The summed E-state index contributed by atoms with van der Waals surface area (Å²) in [6.45, 7) is 8.99. The Morgan fingerprint density at radius 1 is 1.40 bits per heavy atom. The molecule has 0 spiro atoms. The van der Waals surface area contributed by atoms with E-state index in [0.717, 1.165) is 0 Å². The summed E-state index contributed by atoms with van der Waals surface area (Å²) >= 11 is 0. The fourth-order valence-corrected chi connectivity index (χ4v) is 1.17. The van der Waals surface area contributed by atoms with Gasteiger partial charge in [0.15, 0.2) is 5.92 Å². The highest BCUT2D eigenvalue weighted by atomic mass is 16.5. The Hall–Kier alpha value is -1.32. The standard InChI is InChI=1S/C11H18O4/c1-6-11(3,4)8(9(12)14-5)10(13)15-7-2/h6,8H,1,7H2,2-5H3. The molecule has 0 aliphatic carbocycles. The van der Waals surface area contributed by atoms with Crippen LogP contribution in [0.3, 0.4) is 0 Å². The van der Waals surface area contributed by atoms with Gasteiger partial charge >= 0.3 is 11.9 Å². The topological polar surface area (TPSA) is 52.6 Å². The normalized spacial score (nSPS) is 12.8. The molecule has 0 radical (unpaired) electrons. The van der Waals surface area contributed by atoms with E-state index in [4.69, 9.17) is 4.74 Å². The van der Waals surface area contributed by atoms with Crippen molar-refractivity contribution in [3.05, 3.63) is 12.7 Å². The first-order valence-corrected chi connectivity index (χ1v) is 4.78. The molecule has 0 saturated heterocycles. The summed E-state index contributed by atoms with van der Waals surface area (Å²) in [5.74, 6) is -2.13. The maximum atomic E-state index is 11.6. The van der Waals surface area contributed by atoms with E-state index in [9.17, 15) is 9.59 Å². The lowest BCUT2D eigenvalue weighted by Crippen LogP contribution is -2.38. The molecule has 0 rings (SSSR count). The van der Waals surface area contributed by atoms with E-state index in [-0.39, 0.29) is 6.61 Å². The molecule has 1 atom stereocenters. The SMILES string of the molecule is C=CC(C)(C)C(C(=O)OC)C(=O)OCC. The van der Waals surface area contributed by atoms with Crippen LogP contribution in [0.2, 0.25) is 0 Å². The van der Waals surface area contributed by atoms with Crippen LogP contribution >= 0.6 is 0 Å². The number of carbonyl (C=O) groups excluding carboxylic acids is 2. The van der Waals surface area contributed by atoms with Crippen LogP contribution in [0.15, 0.2) is 12.7 Å². The number of hydrogen-bond acceptors (Lipinski definition) is 4. The second kappa shape index (κ2) is 5.53. The van der Waals surface area contributed by atoms with Crippen molar-refractivity contribution >= 4 is 11.9 Å². The van der Waals surface area contributed by atoms with E-state index < -0.39 is 23.3 Å². The van der Waals surface area contributed by atoms with Gasteiger partial charge in [-0.15, -0.1) is 6.58 Å². The van der Waals surface area contributed by atoms with Gasteiger partial charge in [0.1, 0.15) is 0 Å². The average Bonchev–Trinajstić information content (AvgIpc) is 2.17. The maximum Gasteiger partial charge on any atom is 0.321 e. The summed E-state index contributed by atoms with van der Waals surface area (Å²) in [5.41, 5.74) is -0.681. The fourth-order valence-electron chi connectivity index (χ4n) is 1.17. The molecule has 86 valence electrons. The minimum Gasteiger partial charge on any atom is -0.468 e. The third-order valence-electron chi connectivity index (χ3n) is 2.23. The van der Waals surface area contributed by atoms with Crippen LogP contribution in [0.1, 0.15) is 20.8 Å². The molecule has 0 amide bonds. The Labute approximate surface area is 90.2 Å². The lowest BCUT2D eigenvalue weighted by molar-refractivity contribution is -0.164. The summed E-state index contributed by atoms with van der Waals surface area (Å²) < 4.78 is 9.41. The molecule has 0 bridgehead atoms. The number of ether oxygens (including phenoxy) is 2. The van der Waals surface area contributed by atoms with Gasteiger partial charge in [-0.1, -0.05) is 19.9 Å². The largest absolute Gasteiger partial charge is 0.468 e. The zero-order valence-corrected chi connectivity index (χ0v) is 9.70. The van der Waals surface area contributed by atoms with E-state index in [1.54, 1.807) is 26.8 Å². The minimum atomic E-state index is -0.958. The Morgan fingerprint density at radius 3 is 2.27 bits per heavy atom. The molecule has 0 aromatic rings. The summed E-state index contributed by atoms with van der Waals surface area (Å²) in [6, 6.07) is 0. The molecular weight excluding hydrogens is 196 g/mol. The lowest BCUT2D eigenvalue weighted by Gasteiger charge is -2.27. The van der Waals surface area contributed by atoms with Crippen molar-refractivity contribution in [2.45, 2.75) is 20.8 Å². The van der Waals surface area contributed by atoms with Crippen molar-refractivity contribution in [3.8, 4) is 0 Å². The van der Waals surface area contributed by atoms with Crippen molar-refractivity contribution in [3.63, 3.8) is 0 Å². The van der Waals surface area contributed by atoms with Crippen molar-refractivity contribution in [2.24, 2.45) is 11.3 Å². The third-order valence-corrected chi connectivity index (χ3v) is 2.23. The van der Waals surface area contributed by atoms with Gasteiger partial charge in [-0.2, -0.15) is 0 Å². The van der Waals surface area contributed by atoms with Gasteiger partial charge in [-0.3, -0.25) is 9.59 Å². The van der Waals surface area contributed by atoms with Crippen LogP contribution in [0.5, 0.6) is 0 Å². The molecule has 4 nitrogen and oxygen atoms in total. The van der Waals surface area contributed by atoms with Crippen LogP contribution in [0, 0.1) is 11.3 Å². The smallest absolute Gasteiger partial charge is 0.321 e. The van der Waals surface area contributed by atoms with Gasteiger partial charge < -0.3 is 9.47 Å². The van der Waals surface area contributed by atoms with Gasteiger partial charge in [-0.25, -0.2) is 0 Å². The number of allylic oxidation sites excluding steroid dienone is 1. The van der Waals surface area contributed by atoms with E-state index >= 15 is 0 Å². The third kappa shape index (κ3) is 3.38. The molecule has 0 aliphatic rings. The van der Waals surface area contributed by atoms with E-state index in [1.165, 1.54) is 7.11 Å². The number of carbonyl (C=O) groups is 2. The molecule has 0 aliphatic heterocycles. The lowest BCUT2D eigenvalue weighted by atomic mass is 9.79. The van der Waals surface area contributed by atoms with Crippen molar-refractivity contribution in [1.29, 1.82) is 0 Å². The van der Waals surface area contributed by atoms with E-state index in [2.05, 4.69) is 11.3 Å². The van der Waals surface area contributed by atoms with Crippen molar-refractivity contribution in [2.75, 3.05) is 13.7 Å². The molecule has 0 heterocycles. The summed E-state index contributed by atoms with van der Waals surface area (Å²) in [7, 11) is 1.24. The van der Waals surface area contributed by atoms with Crippen LogP contribution in [0.25, 0.3) is 0 Å². The number of methoxy groups -OCH3 is 1. The van der Waals surface area contributed by atoms with E-state index in [0.29, 0.717) is 0 Å². The average molecular weight is 214 g/mol. The Bertz CT molecular complexity index is 255. The van der Waals surface area contributed by atoms with Crippen molar-refractivity contribution < 1.29 is 19.1 Å². The Balaban J connectivity index is 4.97. The quantitative estimate of drug-likeness (QED) is 0.396. The van der Waals surface area contributed by atoms with Crippen LogP contribution in [-0.4, -0.2) is 25.7 Å². The fraction of sp³-hybridized carbons (Fsp3) is 0.636. The monoisotopic (exact) mass is 214 g/mol. The predicted octanol–water partition coefficient (Wildman–Crippen LogP) is 1.55. The van der Waals surface area contributed by atoms with Gasteiger partial charge in [0, 0.05) is 5.41 Å². The number of hydrogen-bond donors (Lipinski definition) is 0. The molecule has 0 fully saturated rings. The number of rotatable bonds is 5. The molecule has 0 aromatic heterocycles. The zero-order valence-electron chi connectivity index (χ0n) is 9.70. The molecule has 4 heteroatoms. The zero-order chi connectivity index (χ0) is 12.1. The number of esters is 2. The highest BCUT2D eigenvalue weighted by molar-refractivity contribution is 5.96. The van der Waals surface area contributed by atoms with Crippen LogP contribution in [0.4, 0.5) is 0 Å². The summed E-state index contributed by atoms with van der Waals surface area (Å²) in [5, 5.41) is 0. The van der Waals surface area contributed by atoms with Gasteiger partial charge in [-0.05, 0) is 6.92 Å². The molecule has 15 heavy (non-hydrogen) atoms. The highest BCUT2D eigenvalue weighted by Crippen LogP contribution is 2.30. The first-order chi connectivity index (χ1) is 6.90. The Kier molecular flexibility index (Phi) is 5.05. The maximum absolute atomic E-state index is 11.6. The summed E-state index contributed by atoms with van der Waals surface area (Å²) in [6.07, 6.45) is 1.55. The predicted molar refractivity (Wildman–Crippen MR) is 56.1 cm³/mol.